The van der Waals surface area contributed by atoms with Crippen molar-refractivity contribution in [2.75, 3.05) is 56.1 Å². The number of hydrogen-bond donors (Lipinski definition) is 1. The van der Waals surface area contributed by atoms with Crippen molar-refractivity contribution in [2.45, 2.75) is 58.3 Å². The molecular weight excluding hydrogens is 626 g/mol. The van der Waals surface area contributed by atoms with E-state index in [2.05, 4.69) is 41.9 Å². The van der Waals surface area contributed by atoms with E-state index in [0.29, 0.717) is 36.3 Å². The third-order valence-corrected chi connectivity index (χ3v) is 9.14. The van der Waals surface area contributed by atoms with Gasteiger partial charge in [-0.3, -0.25) is 24.7 Å². The molecule has 15 heteroatoms. The van der Waals surface area contributed by atoms with Gasteiger partial charge in [0.2, 0.25) is 0 Å². The summed E-state index contributed by atoms with van der Waals surface area (Å²) in [7, 11) is 0. The summed E-state index contributed by atoms with van der Waals surface area (Å²) in [6.07, 6.45) is 1.31. The molecule has 1 atom stereocenters. The lowest BCUT2D eigenvalue weighted by Gasteiger charge is -2.35. The number of thiazole rings is 1. The highest BCUT2D eigenvalue weighted by molar-refractivity contribution is 7.16. The Balaban J connectivity index is 1.24. The molecule has 0 bridgehead atoms. The van der Waals surface area contributed by atoms with Gasteiger partial charge in [-0.2, -0.15) is 13.2 Å². The Morgan fingerprint density at radius 2 is 1.87 bits per heavy atom. The Bertz CT molecular complexity index is 1510. The number of amides is 1. The molecule has 0 aliphatic carbocycles. The van der Waals surface area contributed by atoms with Crippen LogP contribution in [0.5, 0.6) is 0 Å². The molecule has 3 aromatic rings. The van der Waals surface area contributed by atoms with Crippen molar-refractivity contribution < 1.29 is 31.9 Å². The summed E-state index contributed by atoms with van der Waals surface area (Å²) < 4.78 is 59.7. The molecule has 1 amide bonds. The van der Waals surface area contributed by atoms with Crippen molar-refractivity contribution in [3.63, 3.8) is 0 Å². The molecule has 2 aromatic heterocycles. The third-order valence-electron chi connectivity index (χ3n) is 8.18. The smallest absolute Gasteiger partial charge is 0.416 e. The Hall–Kier alpha value is -3.69. The normalized spacial score (nSPS) is 17.8. The number of benzene rings is 1. The van der Waals surface area contributed by atoms with Gasteiger partial charge < -0.3 is 9.64 Å². The average Bonchev–Trinajstić information content (AvgIpc) is 3.62. The van der Waals surface area contributed by atoms with Crippen LogP contribution < -0.4 is 10.2 Å². The monoisotopic (exact) mass is 663 g/mol. The minimum absolute atomic E-state index is 0.00540. The number of carbonyl (C=O) groups is 2. The molecule has 0 spiro atoms. The first-order valence-corrected chi connectivity index (χ1v) is 16.2. The highest BCUT2D eigenvalue weighted by Crippen LogP contribution is 2.38. The maximum Gasteiger partial charge on any atom is 0.416 e. The lowest BCUT2D eigenvalue weighted by Crippen LogP contribution is -2.47. The number of nitrogens with zero attached hydrogens (tertiary/aromatic N) is 6. The van der Waals surface area contributed by atoms with Gasteiger partial charge >= 0.3 is 12.1 Å². The van der Waals surface area contributed by atoms with E-state index in [1.807, 2.05) is 0 Å². The molecule has 1 aromatic carbocycles. The van der Waals surface area contributed by atoms with Gasteiger partial charge in [0.05, 0.1) is 30.3 Å². The highest BCUT2D eigenvalue weighted by Gasteiger charge is 2.32. The first-order valence-electron chi connectivity index (χ1n) is 15.4. The Morgan fingerprint density at radius 1 is 1.09 bits per heavy atom. The number of esters is 1. The summed E-state index contributed by atoms with van der Waals surface area (Å²) in [5.41, 5.74) is -0.856. The van der Waals surface area contributed by atoms with Crippen LogP contribution in [0.4, 0.5) is 28.5 Å². The number of piperazine rings is 1. The molecule has 2 aliphatic heterocycles. The van der Waals surface area contributed by atoms with Gasteiger partial charge in [0.25, 0.3) is 5.91 Å². The minimum Gasteiger partial charge on any atom is -0.466 e. The fourth-order valence-corrected chi connectivity index (χ4v) is 6.69. The second kappa shape index (κ2) is 14.8. The summed E-state index contributed by atoms with van der Waals surface area (Å²) in [4.78, 5) is 45.0. The number of nitrogens with one attached hydrogen (secondary N) is 1. The number of anilines is 2. The van der Waals surface area contributed by atoms with Crippen molar-refractivity contribution in [3.8, 4) is 11.3 Å². The molecule has 0 saturated carbocycles. The number of aromatic nitrogens is 3. The van der Waals surface area contributed by atoms with Crippen molar-refractivity contribution in [3.05, 3.63) is 52.5 Å². The maximum absolute atomic E-state index is 14.3. The molecule has 2 aliphatic rings. The van der Waals surface area contributed by atoms with Crippen LogP contribution in [0.2, 0.25) is 0 Å². The van der Waals surface area contributed by atoms with Gasteiger partial charge in [0.1, 0.15) is 17.3 Å². The molecule has 5 rings (SSSR count). The van der Waals surface area contributed by atoms with Crippen LogP contribution in [0.15, 0.2) is 30.6 Å². The quantitative estimate of drug-likeness (QED) is 0.212. The Labute approximate surface area is 268 Å². The number of likely N-dealkylation sites (tertiary alicyclic amines) is 1. The molecule has 2 fully saturated rings. The Morgan fingerprint density at radius 3 is 2.52 bits per heavy atom. The minimum atomic E-state index is -4.72. The zero-order chi connectivity index (χ0) is 32.8. The fraction of sp³-hybridized carbons (Fsp3) is 0.516. The zero-order valence-corrected chi connectivity index (χ0v) is 26.6. The third kappa shape index (κ3) is 8.56. The van der Waals surface area contributed by atoms with E-state index in [4.69, 9.17) is 4.74 Å². The van der Waals surface area contributed by atoms with Gasteiger partial charge in [0.15, 0.2) is 5.13 Å². The van der Waals surface area contributed by atoms with E-state index in [0.717, 1.165) is 82.0 Å². The van der Waals surface area contributed by atoms with E-state index in [9.17, 15) is 27.2 Å². The summed E-state index contributed by atoms with van der Waals surface area (Å²) >= 11 is 1.15. The summed E-state index contributed by atoms with van der Waals surface area (Å²) in [6.45, 7) is 9.33. The van der Waals surface area contributed by atoms with E-state index in [1.54, 1.807) is 6.92 Å². The van der Waals surface area contributed by atoms with Gasteiger partial charge in [-0.1, -0.05) is 11.3 Å². The van der Waals surface area contributed by atoms with Gasteiger partial charge in [-0.25, -0.2) is 19.3 Å². The SMILES string of the molecule is CCOC(=O)CCCN1CCN(c2cnc(C(=O)Nc3nc(-c4cc(F)cc(C(F)(F)F)c4)c(CN4CCCC4C)s3)cn2)CC1. The second-order valence-electron chi connectivity index (χ2n) is 11.4. The molecule has 2 saturated heterocycles. The van der Waals surface area contributed by atoms with Crippen molar-refractivity contribution in [1.82, 2.24) is 24.8 Å². The number of hydrogen-bond acceptors (Lipinski definition) is 10. The van der Waals surface area contributed by atoms with Crippen LogP contribution in [0.1, 0.15) is 60.5 Å². The molecule has 1 unspecified atom stereocenters. The second-order valence-corrected chi connectivity index (χ2v) is 12.5. The van der Waals surface area contributed by atoms with Gasteiger partial charge in [-0.05, 0) is 64.4 Å². The van der Waals surface area contributed by atoms with Crippen LogP contribution in [0, 0.1) is 5.82 Å². The predicted molar refractivity (Wildman–Crippen MR) is 166 cm³/mol. The summed E-state index contributed by atoms with van der Waals surface area (Å²) in [5, 5.41) is 2.87. The fourth-order valence-electron chi connectivity index (χ4n) is 5.68. The first-order chi connectivity index (χ1) is 22.0. The number of carbonyl (C=O) groups excluding carboxylic acids is 2. The summed E-state index contributed by atoms with van der Waals surface area (Å²) in [6, 6.07) is 2.64. The number of rotatable bonds is 11. The molecule has 4 heterocycles. The molecule has 46 heavy (non-hydrogen) atoms. The van der Waals surface area contributed by atoms with Crippen molar-refractivity contribution in [1.29, 1.82) is 0 Å². The lowest BCUT2D eigenvalue weighted by atomic mass is 10.1. The van der Waals surface area contributed by atoms with Crippen molar-refractivity contribution >= 4 is 34.2 Å². The standard InChI is InChI=1S/C31H37F4N7O3S/c1-3-45-27(43)7-5-8-40-10-12-41(13-11-40)26-18-36-24(17-37-26)29(44)39-30-38-28(25(46-30)19-42-9-4-6-20(42)2)21-14-22(31(33,34)35)16-23(32)15-21/h14-18,20H,3-13,19H2,1-2H3,(H,38,39,44). The molecule has 248 valence electrons. The maximum atomic E-state index is 14.3. The van der Waals surface area contributed by atoms with Crippen LogP contribution in [0.3, 0.4) is 0 Å². The number of halogens is 4. The lowest BCUT2D eigenvalue weighted by molar-refractivity contribution is -0.143. The number of ether oxygens (including phenoxy) is 1. The van der Waals surface area contributed by atoms with E-state index < -0.39 is 23.5 Å². The molecular formula is C31H37F4N7O3S. The van der Waals surface area contributed by atoms with Crippen LogP contribution >= 0.6 is 11.3 Å². The highest BCUT2D eigenvalue weighted by atomic mass is 32.1. The van der Waals surface area contributed by atoms with Gasteiger partial charge in [-0.15, -0.1) is 0 Å². The van der Waals surface area contributed by atoms with Crippen molar-refractivity contribution in [2.24, 2.45) is 0 Å². The van der Waals surface area contributed by atoms with E-state index in [1.165, 1.54) is 12.4 Å². The Kier molecular flexibility index (Phi) is 10.8. The first kappa shape index (κ1) is 33.7. The van der Waals surface area contributed by atoms with Crippen LogP contribution in [0.25, 0.3) is 11.3 Å². The molecule has 0 radical (unpaired) electrons. The van der Waals surface area contributed by atoms with E-state index in [-0.39, 0.29) is 34.1 Å². The van der Waals surface area contributed by atoms with Crippen LogP contribution in [-0.2, 0) is 22.3 Å². The summed E-state index contributed by atoms with van der Waals surface area (Å²) in [5.74, 6) is -1.14. The largest absolute Gasteiger partial charge is 0.466 e. The zero-order valence-electron chi connectivity index (χ0n) is 25.8. The molecule has 1 N–H and O–H groups in total. The molecule has 10 nitrogen and oxygen atoms in total. The van der Waals surface area contributed by atoms with Crippen LogP contribution in [-0.4, -0.2) is 88.5 Å². The van der Waals surface area contributed by atoms with E-state index >= 15 is 0 Å². The predicted octanol–water partition coefficient (Wildman–Crippen LogP) is 5.46. The topological polar surface area (TPSA) is 104 Å². The van der Waals surface area contributed by atoms with Gasteiger partial charge in [0, 0.05) is 55.6 Å². The number of alkyl halides is 3. The average molecular weight is 664 g/mol.